The van der Waals surface area contributed by atoms with E-state index in [1.165, 1.54) is 0 Å². The molecule has 0 saturated carbocycles. The minimum Gasteiger partial charge on any atom is -0.480 e. The normalized spacial score (nSPS) is 14.4. The maximum Gasteiger partial charge on any atom is 0.326 e. The average molecular weight is 282 g/mol. The molecule has 0 aliphatic carbocycles. The van der Waals surface area contributed by atoms with Gasteiger partial charge in [0.25, 0.3) is 0 Å². The Morgan fingerprint density at radius 2 is 2.00 bits per heavy atom. The third-order valence-corrected chi connectivity index (χ3v) is 2.79. The number of aromatic nitrogens is 2. The molecule has 20 heavy (non-hydrogen) atoms. The molecule has 1 heterocycles. The number of hydrogen-bond acceptors (Lipinski definition) is 3. The standard InChI is InChI=1S/C13H22N4O3/c1-9(8-17-7-5-6-14-17)15-12(20)16-10(11(18)19)13(2,3)4/h5-7,9-10H,8H2,1-4H3,(H,18,19)(H2,15,16,20)/t9?,10-/m0/s1. The number of carboxylic acid groups (broad SMARTS) is 1. The Labute approximate surface area is 118 Å². The fraction of sp³-hybridized carbons (Fsp3) is 0.615. The van der Waals surface area contributed by atoms with Crippen LogP contribution in [0.3, 0.4) is 0 Å². The van der Waals surface area contributed by atoms with Crippen LogP contribution in [-0.2, 0) is 11.3 Å². The van der Waals surface area contributed by atoms with E-state index in [0.717, 1.165) is 0 Å². The lowest BCUT2D eigenvalue weighted by Gasteiger charge is -2.28. The number of carboxylic acids is 1. The molecular weight excluding hydrogens is 260 g/mol. The molecule has 112 valence electrons. The summed E-state index contributed by atoms with van der Waals surface area (Å²) in [5.74, 6) is -1.05. The predicted molar refractivity (Wildman–Crippen MR) is 74.2 cm³/mol. The molecule has 0 aliphatic rings. The van der Waals surface area contributed by atoms with Gasteiger partial charge in [0.2, 0.25) is 0 Å². The number of carbonyl (C=O) groups is 2. The summed E-state index contributed by atoms with van der Waals surface area (Å²) >= 11 is 0. The van der Waals surface area contributed by atoms with Gasteiger partial charge in [0, 0.05) is 18.4 Å². The number of carbonyl (C=O) groups excluding carboxylic acids is 1. The van der Waals surface area contributed by atoms with E-state index in [9.17, 15) is 9.59 Å². The molecule has 0 fully saturated rings. The summed E-state index contributed by atoms with van der Waals surface area (Å²) in [4.78, 5) is 23.0. The van der Waals surface area contributed by atoms with E-state index in [2.05, 4.69) is 15.7 Å². The van der Waals surface area contributed by atoms with Crippen LogP contribution >= 0.6 is 0 Å². The highest BCUT2D eigenvalue weighted by Gasteiger charge is 2.32. The quantitative estimate of drug-likeness (QED) is 0.752. The lowest BCUT2D eigenvalue weighted by molar-refractivity contribution is -0.141. The van der Waals surface area contributed by atoms with Crippen LogP contribution in [0, 0.1) is 5.41 Å². The van der Waals surface area contributed by atoms with Crippen LogP contribution in [0.25, 0.3) is 0 Å². The first-order valence-electron chi connectivity index (χ1n) is 6.47. The largest absolute Gasteiger partial charge is 0.480 e. The lowest BCUT2D eigenvalue weighted by atomic mass is 9.87. The first kappa shape index (κ1) is 16.0. The van der Waals surface area contributed by atoms with E-state index in [1.807, 2.05) is 6.92 Å². The van der Waals surface area contributed by atoms with Crippen LogP contribution in [-0.4, -0.2) is 39.0 Å². The van der Waals surface area contributed by atoms with Gasteiger partial charge in [-0.15, -0.1) is 0 Å². The fourth-order valence-electron chi connectivity index (χ4n) is 1.78. The molecule has 0 aliphatic heterocycles. The zero-order valence-electron chi connectivity index (χ0n) is 12.3. The zero-order chi connectivity index (χ0) is 15.3. The van der Waals surface area contributed by atoms with Gasteiger partial charge >= 0.3 is 12.0 Å². The number of aliphatic carboxylic acids is 1. The first-order valence-corrected chi connectivity index (χ1v) is 6.47. The van der Waals surface area contributed by atoms with Crippen molar-refractivity contribution in [2.75, 3.05) is 0 Å². The maximum absolute atomic E-state index is 11.8. The molecule has 1 aromatic heterocycles. The second-order valence-electron chi connectivity index (χ2n) is 5.88. The maximum atomic E-state index is 11.8. The highest BCUT2D eigenvalue weighted by molar-refractivity contribution is 5.83. The molecule has 1 rings (SSSR count). The Bertz CT molecular complexity index is 451. The number of urea groups is 1. The molecule has 0 aromatic carbocycles. The van der Waals surface area contributed by atoms with Gasteiger partial charge in [-0.2, -0.15) is 5.10 Å². The monoisotopic (exact) mass is 282 g/mol. The number of hydrogen-bond donors (Lipinski definition) is 3. The van der Waals surface area contributed by atoms with Gasteiger partial charge in [0.05, 0.1) is 6.54 Å². The minimum absolute atomic E-state index is 0.163. The molecule has 0 radical (unpaired) electrons. The average Bonchev–Trinajstić information content (AvgIpc) is 2.76. The molecule has 2 atom stereocenters. The van der Waals surface area contributed by atoms with Gasteiger partial charge in [-0.05, 0) is 18.4 Å². The molecule has 0 spiro atoms. The highest BCUT2D eigenvalue weighted by Crippen LogP contribution is 2.19. The first-order chi connectivity index (χ1) is 9.20. The Balaban J connectivity index is 2.51. The molecule has 7 heteroatoms. The van der Waals surface area contributed by atoms with Crippen molar-refractivity contribution in [1.82, 2.24) is 20.4 Å². The Morgan fingerprint density at radius 1 is 1.35 bits per heavy atom. The molecule has 1 unspecified atom stereocenters. The second kappa shape index (κ2) is 6.40. The SMILES string of the molecule is CC(Cn1cccn1)NC(=O)N[C@@H](C(=O)O)C(C)(C)C. The lowest BCUT2D eigenvalue weighted by Crippen LogP contribution is -2.54. The Hall–Kier alpha value is -2.05. The third kappa shape index (κ3) is 4.91. The van der Waals surface area contributed by atoms with Gasteiger partial charge in [-0.25, -0.2) is 9.59 Å². The van der Waals surface area contributed by atoms with E-state index in [1.54, 1.807) is 43.9 Å². The van der Waals surface area contributed by atoms with Gasteiger partial charge in [-0.1, -0.05) is 20.8 Å². The molecular formula is C13H22N4O3. The van der Waals surface area contributed by atoms with Gasteiger partial charge in [0.15, 0.2) is 0 Å². The predicted octanol–water partition coefficient (Wildman–Crippen LogP) is 1.07. The van der Waals surface area contributed by atoms with Crippen LogP contribution in [0.15, 0.2) is 18.5 Å². The molecule has 1 aromatic rings. The summed E-state index contributed by atoms with van der Waals surface area (Å²) in [6, 6.07) is 0.197. The highest BCUT2D eigenvalue weighted by atomic mass is 16.4. The van der Waals surface area contributed by atoms with Crippen LogP contribution in [0.2, 0.25) is 0 Å². The van der Waals surface area contributed by atoms with Crippen molar-refractivity contribution in [3.05, 3.63) is 18.5 Å². The van der Waals surface area contributed by atoms with Gasteiger partial charge in [0.1, 0.15) is 6.04 Å². The van der Waals surface area contributed by atoms with Crippen molar-refractivity contribution >= 4 is 12.0 Å². The van der Waals surface area contributed by atoms with Crippen molar-refractivity contribution in [3.63, 3.8) is 0 Å². The number of nitrogens with one attached hydrogen (secondary N) is 2. The summed E-state index contributed by atoms with van der Waals surface area (Å²) in [5, 5.41) is 18.4. The summed E-state index contributed by atoms with van der Waals surface area (Å²) in [6.07, 6.45) is 3.46. The van der Waals surface area contributed by atoms with Gasteiger partial charge in [-0.3, -0.25) is 4.68 Å². The van der Waals surface area contributed by atoms with Crippen LogP contribution in [0.4, 0.5) is 4.79 Å². The topological polar surface area (TPSA) is 96.3 Å². The van der Waals surface area contributed by atoms with Gasteiger partial charge < -0.3 is 15.7 Å². The molecule has 0 bridgehead atoms. The fourth-order valence-corrected chi connectivity index (χ4v) is 1.78. The molecule has 2 amide bonds. The molecule has 7 nitrogen and oxygen atoms in total. The summed E-state index contributed by atoms with van der Waals surface area (Å²) in [6.45, 7) is 7.64. The smallest absolute Gasteiger partial charge is 0.326 e. The van der Waals surface area contributed by atoms with E-state index < -0.39 is 23.5 Å². The minimum atomic E-state index is -1.05. The molecule has 0 saturated heterocycles. The molecule has 3 N–H and O–H groups in total. The Kier molecular flexibility index (Phi) is 5.12. The van der Waals surface area contributed by atoms with Crippen molar-refractivity contribution in [1.29, 1.82) is 0 Å². The number of amides is 2. The van der Waals surface area contributed by atoms with Crippen LogP contribution < -0.4 is 10.6 Å². The Morgan fingerprint density at radius 3 is 2.45 bits per heavy atom. The summed E-state index contributed by atoms with van der Waals surface area (Å²) in [7, 11) is 0. The van der Waals surface area contributed by atoms with Crippen LogP contribution in [0.1, 0.15) is 27.7 Å². The third-order valence-electron chi connectivity index (χ3n) is 2.79. The number of rotatable bonds is 5. The van der Waals surface area contributed by atoms with E-state index in [-0.39, 0.29) is 6.04 Å². The number of nitrogens with zero attached hydrogens (tertiary/aromatic N) is 2. The van der Waals surface area contributed by atoms with Crippen LogP contribution in [0.5, 0.6) is 0 Å². The van der Waals surface area contributed by atoms with Crippen molar-refractivity contribution in [2.45, 2.75) is 46.3 Å². The van der Waals surface area contributed by atoms with E-state index in [0.29, 0.717) is 6.54 Å². The van der Waals surface area contributed by atoms with E-state index >= 15 is 0 Å². The zero-order valence-corrected chi connectivity index (χ0v) is 12.3. The summed E-state index contributed by atoms with van der Waals surface area (Å²) < 4.78 is 1.70. The van der Waals surface area contributed by atoms with E-state index in [4.69, 9.17) is 5.11 Å². The van der Waals surface area contributed by atoms with Crippen molar-refractivity contribution < 1.29 is 14.7 Å². The second-order valence-corrected chi connectivity index (χ2v) is 5.88. The van der Waals surface area contributed by atoms with Crippen molar-refractivity contribution in [2.24, 2.45) is 5.41 Å². The summed E-state index contributed by atoms with van der Waals surface area (Å²) in [5.41, 5.74) is -0.561. The van der Waals surface area contributed by atoms with Crippen molar-refractivity contribution in [3.8, 4) is 0 Å².